The molecule has 0 bridgehead atoms. The molecule has 18 heavy (non-hydrogen) atoms. The van der Waals surface area contributed by atoms with E-state index in [4.69, 9.17) is 0 Å². The zero-order valence-corrected chi connectivity index (χ0v) is 10.9. The molecule has 106 valence electrons. The van der Waals surface area contributed by atoms with Gasteiger partial charge < -0.3 is 10.2 Å². The van der Waals surface area contributed by atoms with Crippen molar-refractivity contribution in [3.63, 3.8) is 0 Å². The first kappa shape index (κ1) is 15.3. The number of carbonyl (C=O) groups excluding carboxylic acids is 1. The van der Waals surface area contributed by atoms with Crippen LogP contribution in [0.25, 0.3) is 0 Å². The minimum absolute atomic E-state index is 0.286. The second-order valence-corrected chi connectivity index (χ2v) is 4.89. The molecule has 0 saturated carbocycles. The second-order valence-electron chi connectivity index (χ2n) is 4.89. The Balaban J connectivity index is 2.38. The van der Waals surface area contributed by atoms with Crippen LogP contribution in [0, 0.1) is 5.92 Å². The van der Waals surface area contributed by atoms with Crippen molar-refractivity contribution >= 4 is 5.91 Å². The molecular formula is C12H21F3N2O. The summed E-state index contributed by atoms with van der Waals surface area (Å²) in [6.45, 7) is 6.02. The molecule has 0 spiro atoms. The fourth-order valence-electron chi connectivity index (χ4n) is 2.34. The smallest absolute Gasteiger partial charge is 0.342 e. The highest BCUT2D eigenvalue weighted by Gasteiger charge is 2.32. The third-order valence-electron chi connectivity index (χ3n) is 3.35. The molecule has 1 fully saturated rings. The summed E-state index contributed by atoms with van der Waals surface area (Å²) in [7, 11) is 0. The van der Waals surface area contributed by atoms with Gasteiger partial charge in [-0.15, -0.1) is 0 Å². The molecule has 2 atom stereocenters. The Bertz CT molecular complexity index is 281. The van der Waals surface area contributed by atoms with Crippen LogP contribution in [0.1, 0.15) is 33.1 Å². The Morgan fingerprint density at radius 3 is 2.61 bits per heavy atom. The monoisotopic (exact) mass is 266 g/mol. The summed E-state index contributed by atoms with van der Waals surface area (Å²) in [5, 5.41) is 3.33. The zero-order chi connectivity index (χ0) is 13.8. The van der Waals surface area contributed by atoms with E-state index in [0.717, 1.165) is 13.0 Å². The molecule has 0 aliphatic carbocycles. The number of nitrogens with one attached hydrogen (secondary N) is 1. The van der Waals surface area contributed by atoms with Crippen molar-refractivity contribution in [1.29, 1.82) is 0 Å². The van der Waals surface area contributed by atoms with Gasteiger partial charge in [-0.1, -0.05) is 13.8 Å². The van der Waals surface area contributed by atoms with Gasteiger partial charge >= 0.3 is 6.18 Å². The van der Waals surface area contributed by atoms with Crippen molar-refractivity contribution in [3.05, 3.63) is 0 Å². The van der Waals surface area contributed by atoms with Crippen molar-refractivity contribution in [2.24, 2.45) is 5.92 Å². The number of nitrogens with zero attached hydrogens (tertiary/aromatic N) is 1. The predicted molar refractivity (Wildman–Crippen MR) is 63.1 cm³/mol. The Kier molecular flexibility index (Phi) is 5.44. The first-order valence-electron chi connectivity index (χ1n) is 6.41. The molecule has 6 heteroatoms. The molecule has 2 unspecified atom stereocenters. The van der Waals surface area contributed by atoms with Gasteiger partial charge in [-0.25, -0.2) is 0 Å². The van der Waals surface area contributed by atoms with Crippen LogP contribution in [0.3, 0.4) is 0 Å². The van der Waals surface area contributed by atoms with Gasteiger partial charge in [0.15, 0.2) is 0 Å². The average molecular weight is 266 g/mol. The van der Waals surface area contributed by atoms with Gasteiger partial charge in [0.05, 0.1) is 6.42 Å². The normalized spacial score (nSPS) is 25.3. The van der Waals surface area contributed by atoms with Crippen LogP contribution in [0.2, 0.25) is 0 Å². The van der Waals surface area contributed by atoms with Crippen molar-refractivity contribution in [1.82, 2.24) is 10.2 Å². The molecule has 1 aliphatic heterocycles. The number of amides is 1. The molecule has 1 heterocycles. The number of hydrogen-bond acceptors (Lipinski definition) is 2. The van der Waals surface area contributed by atoms with Crippen LogP contribution in [-0.2, 0) is 4.79 Å². The van der Waals surface area contributed by atoms with E-state index in [9.17, 15) is 18.0 Å². The summed E-state index contributed by atoms with van der Waals surface area (Å²) in [5.74, 6) is -0.0948. The lowest BCUT2D eigenvalue weighted by Crippen LogP contribution is -2.50. The molecule has 0 aromatic carbocycles. The van der Waals surface area contributed by atoms with Crippen LogP contribution >= 0.6 is 0 Å². The lowest BCUT2D eigenvalue weighted by molar-refractivity contribution is -0.150. The first-order valence-corrected chi connectivity index (χ1v) is 6.41. The number of likely N-dealkylation sites (tertiary alicyclic amines) is 1. The lowest BCUT2D eigenvalue weighted by atomic mass is 9.93. The Morgan fingerprint density at radius 1 is 1.44 bits per heavy atom. The minimum Gasteiger partial charge on any atom is -0.342 e. The van der Waals surface area contributed by atoms with Crippen molar-refractivity contribution in [2.45, 2.75) is 45.3 Å². The molecule has 3 nitrogen and oxygen atoms in total. The Hall–Kier alpha value is -0.780. The highest BCUT2D eigenvalue weighted by atomic mass is 19.4. The summed E-state index contributed by atoms with van der Waals surface area (Å²) in [6, 6.07) is 0.363. The molecule has 1 aliphatic rings. The van der Waals surface area contributed by atoms with Crippen LogP contribution in [0.4, 0.5) is 13.2 Å². The third kappa shape index (κ3) is 4.84. The Labute approximate surface area is 106 Å². The lowest BCUT2D eigenvalue weighted by Gasteiger charge is -2.37. The van der Waals surface area contributed by atoms with E-state index < -0.39 is 19.0 Å². The third-order valence-corrected chi connectivity index (χ3v) is 3.35. The van der Waals surface area contributed by atoms with E-state index in [1.54, 1.807) is 4.90 Å². The Morgan fingerprint density at radius 2 is 2.11 bits per heavy atom. The molecular weight excluding hydrogens is 245 g/mol. The SMILES string of the molecule is CCNC1CCN(C(=O)CCC(F)(F)F)CC1C. The quantitative estimate of drug-likeness (QED) is 0.846. The van der Waals surface area contributed by atoms with Gasteiger partial charge in [0, 0.05) is 25.6 Å². The first-order chi connectivity index (χ1) is 8.33. The molecule has 1 amide bonds. The molecule has 1 saturated heterocycles. The highest BCUT2D eigenvalue weighted by Crippen LogP contribution is 2.23. The maximum Gasteiger partial charge on any atom is 0.389 e. The number of carbonyl (C=O) groups is 1. The standard InChI is InChI=1S/C12H21F3N2O/c1-3-16-10-5-7-17(8-9(10)2)11(18)4-6-12(13,14)15/h9-10,16H,3-8H2,1-2H3. The van der Waals surface area contributed by atoms with Crippen molar-refractivity contribution in [3.8, 4) is 0 Å². The summed E-state index contributed by atoms with van der Waals surface area (Å²) >= 11 is 0. The van der Waals surface area contributed by atoms with Gasteiger partial charge in [0.1, 0.15) is 0 Å². The van der Waals surface area contributed by atoms with Gasteiger partial charge in [-0.3, -0.25) is 4.79 Å². The summed E-state index contributed by atoms with van der Waals surface area (Å²) < 4.78 is 36.1. The molecule has 1 N–H and O–H groups in total. The van der Waals surface area contributed by atoms with Crippen molar-refractivity contribution < 1.29 is 18.0 Å². The van der Waals surface area contributed by atoms with E-state index in [1.807, 2.05) is 13.8 Å². The van der Waals surface area contributed by atoms with E-state index in [2.05, 4.69) is 5.32 Å². The number of hydrogen-bond donors (Lipinski definition) is 1. The van der Waals surface area contributed by atoms with Gasteiger partial charge in [0.25, 0.3) is 0 Å². The highest BCUT2D eigenvalue weighted by molar-refractivity contribution is 5.76. The largest absolute Gasteiger partial charge is 0.389 e. The van der Waals surface area contributed by atoms with Crippen LogP contribution < -0.4 is 5.32 Å². The number of halogens is 3. The predicted octanol–water partition coefficient (Wildman–Crippen LogP) is 2.18. The second kappa shape index (κ2) is 6.41. The molecule has 0 aromatic rings. The fourth-order valence-corrected chi connectivity index (χ4v) is 2.34. The van der Waals surface area contributed by atoms with Gasteiger partial charge in [-0.2, -0.15) is 13.2 Å². The van der Waals surface area contributed by atoms with Crippen LogP contribution in [0.5, 0.6) is 0 Å². The average Bonchev–Trinajstić information content (AvgIpc) is 2.28. The fraction of sp³-hybridized carbons (Fsp3) is 0.917. The maximum absolute atomic E-state index is 12.0. The molecule has 1 rings (SSSR count). The number of alkyl halides is 3. The molecule has 0 radical (unpaired) electrons. The summed E-state index contributed by atoms with van der Waals surface area (Å²) in [4.78, 5) is 13.2. The van der Waals surface area contributed by atoms with Gasteiger partial charge in [0.2, 0.25) is 5.91 Å². The maximum atomic E-state index is 12.0. The molecule has 0 aromatic heterocycles. The van der Waals surface area contributed by atoms with Gasteiger partial charge in [-0.05, 0) is 18.9 Å². The summed E-state index contributed by atoms with van der Waals surface area (Å²) in [5.41, 5.74) is 0. The van der Waals surface area contributed by atoms with E-state index in [0.29, 0.717) is 19.1 Å². The topological polar surface area (TPSA) is 32.3 Å². The van der Waals surface area contributed by atoms with E-state index >= 15 is 0 Å². The number of piperidine rings is 1. The van der Waals surface area contributed by atoms with Crippen LogP contribution in [0.15, 0.2) is 0 Å². The summed E-state index contributed by atoms with van der Waals surface area (Å²) in [6.07, 6.45) is -4.88. The number of rotatable bonds is 4. The van der Waals surface area contributed by atoms with E-state index in [-0.39, 0.29) is 11.8 Å². The van der Waals surface area contributed by atoms with E-state index in [1.165, 1.54) is 0 Å². The minimum atomic E-state index is -4.25. The van der Waals surface area contributed by atoms with Crippen molar-refractivity contribution in [2.75, 3.05) is 19.6 Å². The zero-order valence-electron chi connectivity index (χ0n) is 10.9. The van der Waals surface area contributed by atoms with Crippen LogP contribution in [-0.4, -0.2) is 42.7 Å².